The van der Waals surface area contributed by atoms with Crippen LogP contribution in [0, 0.1) is 0 Å². The van der Waals surface area contributed by atoms with Crippen molar-refractivity contribution < 1.29 is 19.1 Å². The Kier molecular flexibility index (Phi) is 7.49. The third kappa shape index (κ3) is 5.09. The summed E-state index contributed by atoms with van der Waals surface area (Å²) in [6.45, 7) is 1.63. The lowest BCUT2D eigenvalue weighted by Crippen LogP contribution is -2.44. The van der Waals surface area contributed by atoms with Gasteiger partial charge in [0, 0.05) is 41.4 Å². The fourth-order valence-electron chi connectivity index (χ4n) is 0.986. The summed E-state index contributed by atoms with van der Waals surface area (Å²) in [6, 6.07) is 0. The van der Waals surface area contributed by atoms with Crippen LogP contribution in [0.2, 0.25) is 0 Å². The number of nitrogens with zero attached hydrogens (tertiary/aromatic N) is 2. The summed E-state index contributed by atoms with van der Waals surface area (Å²) in [4.78, 5) is 25.9. The second-order valence-corrected chi connectivity index (χ2v) is 3.44. The lowest BCUT2D eigenvalue weighted by Gasteiger charge is -2.20. The number of rotatable bonds is 6. The maximum atomic E-state index is 11.6. The Hall–Kier alpha value is -1.14. The summed E-state index contributed by atoms with van der Waals surface area (Å²) in [6.07, 6.45) is 0. The van der Waals surface area contributed by atoms with Crippen LogP contribution in [0.25, 0.3) is 0 Å². The molecule has 0 atom stereocenters. The standard InChI is InChI=1S/C10H20N2O4/c1-11(5-7-15-3)9(13)10(14)12(2)6-8-16-4/h5-8H2,1-4H3. The number of methoxy groups -OCH3 is 2. The summed E-state index contributed by atoms with van der Waals surface area (Å²) >= 11 is 0. The molecule has 16 heavy (non-hydrogen) atoms. The first kappa shape index (κ1) is 14.9. The molecule has 0 spiro atoms. The summed E-state index contributed by atoms with van der Waals surface area (Å²) in [5.74, 6) is -1.06. The van der Waals surface area contributed by atoms with E-state index in [9.17, 15) is 9.59 Å². The lowest BCUT2D eigenvalue weighted by atomic mass is 10.4. The summed E-state index contributed by atoms with van der Waals surface area (Å²) in [7, 11) is 6.24. The molecule has 0 unspecified atom stereocenters. The Labute approximate surface area is 96.1 Å². The molecule has 0 radical (unpaired) electrons. The van der Waals surface area contributed by atoms with E-state index < -0.39 is 11.8 Å². The Morgan fingerprint density at radius 2 is 1.19 bits per heavy atom. The van der Waals surface area contributed by atoms with E-state index >= 15 is 0 Å². The van der Waals surface area contributed by atoms with Crippen molar-refractivity contribution in [3.05, 3.63) is 0 Å². The SMILES string of the molecule is COCCN(C)C(=O)C(=O)N(C)CCOC. The maximum Gasteiger partial charge on any atom is 0.311 e. The van der Waals surface area contributed by atoms with Crippen molar-refractivity contribution in [2.24, 2.45) is 0 Å². The number of hydrogen-bond acceptors (Lipinski definition) is 4. The van der Waals surface area contributed by atoms with Crippen molar-refractivity contribution in [3.8, 4) is 0 Å². The van der Waals surface area contributed by atoms with Gasteiger partial charge in [-0.15, -0.1) is 0 Å². The average molecular weight is 232 g/mol. The van der Waals surface area contributed by atoms with Crippen LogP contribution in [0.15, 0.2) is 0 Å². The van der Waals surface area contributed by atoms with E-state index in [0.29, 0.717) is 26.3 Å². The topological polar surface area (TPSA) is 59.1 Å². The predicted octanol–water partition coefficient (Wildman–Crippen LogP) is -0.804. The summed E-state index contributed by atoms with van der Waals surface area (Å²) < 4.78 is 9.66. The molecule has 0 aliphatic heterocycles. The van der Waals surface area contributed by atoms with E-state index in [2.05, 4.69) is 0 Å². The molecule has 2 amide bonds. The van der Waals surface area contributed by atoms with Gasteiger partial charge in [-0.3, -0.25) is 9.59 Å². The van der Waals surface area contributed by atoms with Gasteiger partial charge in [-0.1, -0.05) is 0 Å². The molecule has 0 fully saturated rings. The second kappa shape index (κ2) is 8.06. The molecule has 0 saturated heterocycles. The highest BCUT2D eigenvalue weighted by atomic mass is 16.5. The molecule has 0 saturated carbocycles. The highest BCUT2D eigenvalue weighted by Crippen LogP contribution is 1.92. The summed E-state index contributed by atoms with van der Waals surface area (Å²) in [5, 5.41) is 0. The van der Waals surface area contributed by atoms with Crippen LogP contribution < -0.4 is 0 Å². The van der Waals surface area contributed by atoms with Crippen molar-refractivity contribution >= 4 is 11.8 Å². The Bertz CT molecular complexity index is 209. The number of ether oxygens (including phenoxy) is 2. The number of carbonyl (C=O) groups excluding carboxylic acids is 2. The van der Waals surface area contributed by atoms with Crippen molar-refractivity contribution in [2.45, 2.75) is 0 Å². The first-order valence-corrected chi connectivity index (χ1v) is 5.03. The quantitative estimate of drug-likeness (QED) is 0.562. The zero-order chi connectivity index (χ0) is 12.6. The van der Waals surface area contributed by atoms with Crippen molar-refractivity contribution in [1.82, 2.24) is 9.80 Å². The molecule has 6 nitrogen and oxygen atoms in total. The molecule has 0 aliphatic rings. The van der Waals surface area contributed by atoms with Crippen LogP contribution in [0.4, 0.5) is 0 Å². The second-order valence-electron chi connectivity index (χ2n) is 3.44. The summed E-state index contributed by atoms with van der Waals surface area (Å²) in [5.41, 5.74) is 0. The zero-order valence-corrected chi connectivity index (χ0v) is 10.4. The molecular formula is C10H20N2O4. The molecule has 94 valence electrons. The van der Waals surface area contributed by atoms with E-state index in [-0.39, 0.29) is 0 Å². The average Bonchev–Trinajstić information content (AvgIpc) is 2.30. The van der Waals surface area contributed by atoms with Crippen LogP contribution in [-0.2, 0) is 19.1 Å². The molecule has 0 aromatic carbocycles. The minimum Gasteiger partial charge on any atom is -0.383 e. The minimum absolute atomic E-state index is 0.402. The van der Waals surface area contributed by atoms with Gasteiger partial charge in [-0.2, -0.15) is 0 Å². The van der Waals surface area contributed by atoms with Gasteiger partial charge in [-0.05, 0) is 0 Å². The smallest absolute Gasteiger partial charge is 0.311 e. The predicted molar refractivity (Wildman–Crippen MR) is 59.0 cm³/mol. The highest BCUT2D eigenvalue weighted by molar-refractivity contribution is 6.34. The van der Waals surface area contributed by atoms with E-state index in [0.717, 1.165) is 0 Å². The van der Waals surface area contributed by atoms with E-state index in [1.165, 1.54) is 9.80 Å². The third-order valence-electron chi connectivity index (χ3n) is 2.14. The van der Waals surface area contributed by atoms with Gasteiger partial charge >= 0.3 is 11.8 Å². The van der Waals surface area contributed by atoms with Gasteiger partial charge in [0.25, 0.3) is 0 Å². The molecular weight excluding hydrogens is 212 g/mol. The van der Waals surface area contributed by atoms with Gasteiger partial charge in [0.1, 0.15) is 0 Å². The number of carbonyl (C=O) groups is 2. The molecule has 0 aliphatic carbocycles. The van der Waals surface area contributed by atoms with E-state index in [4.69, 9.17) is 9.47 Å². The number of hydrogen-bond donors (Lipinski definition) is 0. The largest absolute Gasteiger partial charge is 0.383 e. The van der Waals surface area contributed by atoms with E-state index in [1.807, 2.05) is 0 Å². The van der Waals surface area contributed by atoms with Crippen molar-refractivity contribution in [2.75, 3.05) is 54.6 Å². The van der Waals surface area contributed by atoms with Crippen LogP contribution in [0.1, 0.15) is 0 Å². The van der Waals surface area contributed by atoms with Gasteiger partial charge in [-0.25, -0.2) is 0 Å². The number of likely N-dealkylation sites (N-methyl/N-ethyl adjacent to an activating group) is 2. The molecule has 0 aromatic heterocycles. The first-order chi connectivity index (χ1) is 7.54. The fourth-order valence-corrected chi connectivity index (χ4v) is 0.986. The Morgan fingerprint density at radius 3 is 1.44 bits per heavy atom. The number of amides is 2. The zero-order valence-electron chi connectivity index (χ0n) is 10.4. The first-order valence-electron chi connectivity index (χ1n) is 5.03. The van der Waals surface area contributed by atoms with E-state index in [1.54, 1.807) is 28.3 Å². The Balaban J connectivity index is 4.10. The normalized spacial score (nSPS) is 10.0. The minimum atomic E-state index is -0.532. The maximum absolute atomic E-state index is 11.6. The van der Waals surface area contributed by atoms with Crippen LogP contribution in [0.5, 0.6) is 0 Å². The fraction of sp³-hybridized carbons (Fsp3) is 0.800. The molecule has 6 heteroatoms. The van der Waals surface area contributed by atoms with Crippen LogP contribution in [-0.4, -0.2) is 76.2 Å². The van der Waals surface area contributed by atoms with Crippen molar-refractivity contribution in [1.29, 1.82) is 0 Å². The molecule has 0 aromatic rings. The van der Waals surface area contributed by atoms with Gasteiger partial charge in [0.05, 0.1) is 13.2 Å². The molecule has 0 bridgehead atoms. The Morgan fingerprint density at radius 1 is 0.875 bits per heavy atom. The highest BCUT2D eigenvalue weighted by Gasteiger charge is 2.21. The lowest BCUT2D eigenvalue weighted by molar-refractivity contribution is -0.150. The van der Waals surface area contributed by atoms with Gasteiger partial charge < -0.3 is 19.3 Å². The molecule has 0 rings (SSSR count). The van der Waals surface area contributed by atoms with Crippen LogP contribution in [0.3, 0.4) is 0 Å². The van der Waals surface area contributed by atoms with Gasteiger partial charge in [0.2, 0.25) is 0 Å². The van der Waals surface area contributed by atoms with Crippen LogP contribution >= 0.6 is 0 Å². The third-order valence-corrected chi connectivity index (χ3v) is 2.14. The van der Waals surface area contributed by atoms with Crippen molar-refractivity contribution in [3.63, 3.8) is 0 Å². The molecule has 0 N–H and O–H groups in total. The molecule has 0 heterocycles. The van der Waals surface area contributed by atoms with Gasteiger partial charge in [0.15, 0.2) is 0 Å². The monoisotopic (exact) mass is 232 g/mol.